The Labute approximate surface area is 108 Å². The van der Waals surface area contributed by atoms with Crippen LogP contribution in [0.25, 0.3) is 0 Å². The van der Waals surface area contributed by atoms with E-state index < -0.39 is 0 Å². The van der Waals surface area contributed by atoms with Crippen LogP contribution in [-0.4, -0.2) is 18.6 Å². The predicted octanol–water partition coefficient (Wildman–Crippen LogP) is 2.10. The molecule has 0 saturated carbocycles. The van der Waals surface area contributed by atoms with Crippen LogP contribution in [-0.2, 0) is 16.0 Å². The third-order valence-electron chi connectivity index (χ3n) is 2.08. The molecule has 0 aromatic heterocycles. The summed E-state index contributed by atoms with van der Waals surface area (Å²) in [6.07, 6.45) is 3.78. The molecular weight excluding hydrogens is 238 g/mol. The van der Waals surface area contributed by atoms with Crippen LogP contribution in [0.5, 0.6) is 0 Å². The lowest BCUT2D eigenvalue weighted by Crippen LogP contribution is -2.20. The molecule has 3 nitrogen and oxygen atoms in total. The van der Waals surface area contributed by atoms with Gasteiger partial charge in [0, 0.05) is 12.1 Å². The van der Waals surface area contributed by atoms with Gasteiger partial charge >= 0.3 is 5.97 Å². The Morgan fingerprint density at radius 2 is 2.06 bits per heavy atom. The Kier molecular flexibility index (Phi) is 8.11. The highest BCUT2D eigenvalue weighted by Crippen LogP contribution is 2.02. The standard InChI is InChI=1S/C13H17NO2.ClH/c1-2-16-13(15)9-8-12(14)10-11-6-4-3-5-7-11;/h3-9,12H,2,10,14H2,1H3;1H/b9-8+;/t12-;/m1./s1. The van der Waals surface area contributed by atoms with E-state index in [0.29, 0.717) is 6.61 Å². The van der Waals surface area contributed by atoms with Crippen molar-refractivity contribution in [2.45, 2.75) is 19.4 Å². The summed E-state index contributed by atoms with van der Waals surface area (Å²) in [7, 11) is 0. The second-order valence-electron chi connectivity index (χ2n) is 3.46. The fraction of sp³-hybridized carbons (Fsp3) is 0.308. The van der Waals surface area contributed by atoms with E-state index in [4.69, 9.17) is 10.5 Å². The van der Waals surface area contributed by atoms with Gasteiger partial charge in [0.25, 0.3) is 0 Å². The molecule has 0 saturated heterocycles. The molecule has 1 aromatic carbocycles. The molecule has 17 heavy (non-hydrogen) atoms. The van der Waals surface area contributed by atoms with Crippen molar-refractivity contribution in [3.63, 3.8) is 0 Å². The zero-order valence-electron chi connectivity index (χ0n) is 9.84. The molecule has 0 amide bonds. The number of hydrogen-bond acceptors (Lipinski definition) is 3. The van der Waals surface area contributed by atoms with E-state index in [1.165, 1.54) is 6.08 Å². The molecule has 0 bridgehead atoms. The van der Waals surface area contributed by atoms with Crippen molar-refractivity contribution in [1.29, 1.82) is 0 Å². The summed E-state index contributed by atoms with van der Waals surface area (Å²) >= 11 is 0. The number of halogens is 1. The SMILES string of the molecule is CCOC(=O)/C=C/[C@@H](N)Cc1ccccc1.Cl. The largest absolute Gasteiger partial charge is 0.463 e. The van der Waals surface area contributed by atoms with E-state index in [9.17, 15) is 4.79 Å². The maximum absolute atomic E-state index is 11.0. The summed E-state index contributed by atoms with van der Waals surface area (Å²) in [6, 6.07) is 9.76. The minimum absolute atomic E-state index is 0. The van der Waals surface area contributed by atoms with Crippen LogP contribution in [0.2, 0.25) is 0 Å². The molecule has 1 rings (SSSR count). The molecule has 0 aliphatic heterocycles. The zero-order valence-corrected chi connectivity index (χ0v) is 10.7. The molecule has 4 heteroatoms. The van der Waals surface area contributed by atoms with Crippen LogP contribution >= 0.6 is 12.4 Å². The number of esters is 1. The summed E-state index contributed by atoms with van der Waals surface area (Å²) in [4.78, 5) is 11.0. The second kappa shape index (κ2) is 8.79. The minimum Gasteiger partial charge on any atom is -0.463 e. The van der Waals surface area contributed by atoms with Crippen molar-refractivity contribution in [1.82, 2.24) is 0 Å². The minimum atomic E-state index is -0.342. The highest BCUT2D eigenvalue weighted by Gasteiger charge is 2.01. The highest BCUT2D eigenvalue weighted by molar-refractivity contribution is 5.85. The van der Waals surface area contributed by atoms with Crippen LogP contribution in [0.1, 0.15) is 12.5 Å². The van der Waals surface area contributed by atoms with Gasteiger partial charge in [-0.1, -0.05) is 36.4 Å². The molecule has 0 spiro atoms. The van der Waals surface area contributed by atoms with Gasteiger partial charge in [0.15, 0.2) is 0 Å². The lowest BCUT2D eigenvalue weighted by molar-refractivity contribution is -0.137. The maximum Gasteiger partial charge on any atom is 0.330 e. The molecule has 1 aromatic rings. The molecule has 0 heterocycles. The van der Waals surface area contributed by atoms with Gasteiger partial charge in [0.1, 0.15) is 0 Å². The number of hydrogen-bond donors (Lipinski definition) is 1. The second-order valence-corrected chi connectivity index (χ2v) is 3.46. The smallest absolute Gasteiger partial charge is 0.330 e. The third-order valence-corrected chi connectivity index (χ3v) is 2.08. The molecule has 0 aliphatic rings. The van der Waals surface area contributed by atoms with Gasteiger partial charge < -0.3 is 10.5 Å². The highest BCUT2D eigenvalue weighted by atomic mass is 35.5. The quantitative estimate of drug-likeness (QED) is 0.648. The Morgan fingerprint density at radius 1 is 1.41 bits per heavy atom. The van der Waals surface area contributed by atoms with Crippen molar-refractivity contribution in [2.75, 3.05) is 6.61 Å². The van der Waals surface area contributed by atoms with Crippen LogP contribution in [0.3, 0.4) is 0 Å². The first-order chi connectivity index (χ1) is 7.72. The number of carbonyl (C=O) groups excluding carboxylic acids is 1. The van der Waals surface area contributed by atoms with Gasteiger partial charge in [-0.05, 0) is 18.9 Å². The van der Waals surface area contributed by atoms with Gasteiger partial charge in [-0.25, -0.2) is 4.79 Å². The van der Waals surface area contributed by atoms with E-state index in [0.717, 1.165) is 12.0 Å². The number of nitrogens with two attached hydrogens (primary N) is 1. The van der Waals surface area contributed by atoms with Gasteiger partial charge in [0.2, 0.25) is 0 Å². The molecule has 94 valence electrons. The summed E-state index contributed by atoms with van der Waals surface area (Å²) in [6.45, 7) is 2.16. The van der Waals surface area contributed by atoms with Crippen molar-refractivity contribution in [3.05, 3.63) is 48.0 Å². The van der Waals surface area contributed by atoms with Crippen LogP contribution in [0.15, 0.2) is 42.5 Å². The van der Waals surface area contributed by atoms with Crippen LogP contribution < -0.4 is 5.73 Å². The first kappa shape index (κ1) is 15.7. The Hall–Kier alpha value is -1.32. The topological polar surface area (TPSA) is 52.3 Å². The summed E-state index contributed by atoms with van der Waals surface area (Å²) < 4.78 is 4.76. The van der Waals surface area contributed by atoms with E-state index in [1.54, 1.807) is 13.0 Å². The Balaban J connectivity index is 0.00000256. The zero-order chi connectivity index (χ0) is 11.8. The fourth-order valence-corrected chi connectivity index (χ4v) is 1.35. The van der Waals surface area contributed by atoms with E-state index in [-0.39, 0.29) is 24.4 Å². The predicted molar refractivity (Wildman–Crippen MR) is 71.1 cm³/mol. The number of rotatable bonds is 5. The van der Waals surface area contributed by atoms with Crippen molar-refractivity contribution in [2.24, 2.45) is 5.73 Å². The molecule has 0 unspecified atom stereocenters. The van der Waals surface area contributed by atoms with Crippen molar-refractivity contribution >= 4 is 18.4 Å². The summed E-state index contributed by atoms with van der Waals surface area (Å²) in [5.41, 5.74) is 7.01. The fourth-order valence-electron chi connectivity index (χ4n) is 1.35. The molecule has 0 aliphatic carbocycles. The van der Waals surface area contributed by atoms with Gasteiger partial charge in [-0.15, -0.1) is 12.4 Å². The van der Waals surface area contributed by atoms with Crippen molar-refractivity contribution in [3.8, 4) is 0 Å². The summed E-state index contributed by atoms with van der Waals surface area (Å²) in [5.74, 6) is -0.342. The average molecular weight is 256 g/mol. The molecule has 1 atom stereocenters. The number of benzene rings is 1. The first-order valence-electron chi connectivity index (χ1n) is 5.37. The van der Waals surface area contributed by atoms with Crippen LogP contribution in [0, 0.1) is 0 Å². The lowest BCUT2D eigenvalue weighted by atomic mass is 10.1. The maximum atomic E-state index is 11.0. The first-order valence-corrected chi connectivity index (χ1v) is 5.37. The van der Waals surface area contributed by atoms with Gasteiger partial charge in [0.05, 0.1) is 6.61 Å². The van der Waals surface area contributed by atoms with Crippen molar-refractivity contribution < 1.29 is 9.53 Å². The number of ether oxygens (including phenoxy) is 1. The van der Waals surface area contributed by atoms with E-state index in [2.05, 4.69) is 0 Å². The Morgan fingerprint density at radius 3 is 2.65 bits per heavy atom. The summed E-state index contributed by atoms with van der Waals surface area (Å²) in [5, 5.41) is 0. The van der Waals surface area contributed by atoms with E-state index in [1.807, 2.05) is 30.3 Å². The average Bonchev–Trinajstić information content (AvgIpc) is 2.28. The number of carbonyl (C=O) groups is 1. The lowest BCUT2D eigenvalue weighted by Gasteiger charge is -2.06. The molecule has 2 N–H and O–H groups in total. The molecular formula is C13H18ClNO2. The molecule has 0 radical (unpaired) electrons. The van der Waals surface area contributed by atoms with Gasteiger partial charge in [-0.2, -0.15) is 0 Å². The van der Waals surface area contributed by atoms with E-state index >= 15 is 0 Å². The van der Waals surface area contributed by atoms with Gasteiger partial charge in [-0.3, -0.25) is 0 Å². The monoisotopic (exact) mass is 255 g/mol. The normalized spacial score (nSPS) is 11.9. The third kappa shape index (κ3) is 6.76. The van der Waals surface area contributed by atoms with Crippen LogP contribution in [0.4, 0.5) is 0 Å². The Bertz CT molecular complexity index is 352. The molecule has 0 fully saturated rings.